The van der Waals surface area contributed by atoms with Gasteiger partial charge in [0.15, 0.2) is 0 Å². The average Bonchev–Trinajstić information content (AvgIpc) is 3.29. The van der Waals surface area contributed by atoms with Gasteiger partial charge in [0.05, 0.1) is 17.3 Å². The first-order valence-electron chi connectivity index (χ1n) is 9.18. The molecule has 1 N–H and O–H groups in total. The molecule has 0 aliphatic heterocycles. The lowest BCUT2D eigenvalue weighted by atomic mass is 10.1. The van der Waals surface area contributed by atoms with Gasteiger partial charge in [0.25, 0.3) is 5.91 Å². The molecule has 30 heavy (non-hydrogen) atoms. The minimum absolute atomic E-state index is 0.00149. The van der Waals surface area contributed by atoms with E-state index in [0.717, 1.165) is 5.75 Å². The maximum Gasteiger partial charge on any atom is 0.262 e. The average molecular weight is 467 g/mol. The van der Waals surface area contributed by atoms with E-state index in [9.17, 15) is 10.1 Å². The highest BCUT2D eigenvalue weighted by molar-refractivity contribution is 9.10. The Hall–Kier alpha value is -3.50. The van der Waals surface area contributed by atoms with Gasteiger partial charge in [-0.15, -0.1) is 0 Å². The molecule has 0 fully saturated rings. The molecule has 1 amide bonds. The first kappa shape index (κ1) is 21.2. The van der Waals surface area contributed by atoms with Gasteiger partial charge < -0.3 is 19.2 Å². The molecule has 0 unspecified atom stereocenters. The molecular formula is C23H19BrN2O4. The highest BCUT2D eigenvalue weighted by atomic mass is 79.9. The molecule has 0 spiro atoms. The van der Waals surface area contributed by atoms with Gasteiger partial charge in [0, 0.05) is 0 Å². The van der Waals surface area contributed by atoms with Crippen molar-refractivity contribution in [1.82, 2.24) is 5.32 Å². The van der Waals surface area contributed by atoms with Crippen molar-refractivity contribution in [2.45, 2.75) is 6.54 Å². The van der Waals surface area contributed by atoms with Crippen molar-refractivity contribution >= 4 is 27.9 Å². The molecule has 152 valence electrons. The van der Waals surface area contributed by atoms with Crippen LogP contribution in [0.5, 0.6) is 11.5 Å². The Morgan fingerprint density at radius 1 is 1.10 bits per heavy atom. The van der Waals surface area contributed by atoms with Gasteiger partial charge in [-0.3, -0.25) is 4.79 Å². The van der Waals surface area contributed by atoms with Gasteiger partial charge >= 0.3 is 0 Å². The van der Waals surface area contributed by atoms with Gasteiger partial charge in [-0.25, -0.2) is 0 Å². The predicted molar refractivity (Wildman–Crippen MR) is 116 cm³/mol. The molecule has 2 aromatic carbocycles. The fourth-order valence-electron chi connectivity index (χ4n) is 2.54. The molecule has 3 aromatic rings. The van der Waals surface area contributed by atoms with Gasteiger partial charge in [0.1, 0.15) is 42.1 Å². The van der Waals surface area contributed by atoms with Crippen molar-refractivity contribution < 1.29 is 18.7 Å². The van der Waals surface area contributed by atoms with E-state index in [4.69, 9.17) is 13.9 Å². The number of amides is 1. The molecule has 0 atom stereocenters. The summed E-state index contributed by atoms with van der Waals surface area (Å²) in [5, 5.41) is 12.0. The zero-order chi connectivity index (χ0) is 21.2. The summed E-state index contributed by atoms with van der Waals surface area (Å²) in [7, 11) is 0. The number of carbonyl (C=O) groups excluding carboxylic acids is 1. The summed E-state index contributed by atoms with van der Waals surface area (Å²) in [4.78, 5) is 12.2. The van der Waals surface area contributed by atoms with Crippen LogP contribution >= 0.6 is 15.9 Å². The molecule has 0 aliphatic carbocycles. The fourth-order valence-corrected chi connectivity index (χ4v) is 3.05. The number of nitriles is 1. The van der Waals surface area contributed by atoms with Crippen LogP contribution in [0.1, 0.15) is 11.3 Å². The van der Waals surface area contributed by atoms with Gasteiger partial charge in [-0.2, -0.15) is 5.26 Å². The molecule has 0 radical (unpaired) electrons. The van der Waals surface area contributed by atoms with Crippen molar-refractivity contribution in [1.29, 1.82) is 5.26 Å². The maximum atomic E-state index is 12.2. The number of nitrogens with zero attached hydrogens (tertiary/aromatic N) is 1. The lowest BCUT2D eigenvalue weighted by molar-refractivity contribution is -0.117. The Morgan fingerprint density at radius 2 is 1.90 bits per heavy atom. The number of para-hydroxylation sites is 1. The van der Waals surface area contributed by atoms with E-state index in [0.29, 0.717) is 34.8 Å². The molecule has 1 aromatic heterocycles. The first-order valence-corrected chi connectivity index (χ1v) is 9.97. The molecule has 1 heterocycles. The van der Waals surface area contributed by atoms with Gasteiger partial charge in [-0.1, -0.05) is 24.3 Å². The summed E-state index contributed by atoms with van der Waals surface area (Å²) in [5.41, 5.74) is 0.692. The van der Waals surface area contributed by atoms with Crippen LogP contribution in [0.15, 0.2) is 81.4 Å². The molecule has 6 nitrogen and oxygen atoms in total. The van der Waals surface area contributed by atoms with E-state index in [1.807, 2.05) is 36.4 Å². The van der Waals surface area contributed by atoms with Crippen LogP contribution in [0.2, 0.25) is 0 Å². The number of carbonyl (C=O) groups is 1. The van der Waals surface area contributed by atoms with Crippen molar-refractivity contribution in [3.63, 3.8) is 0 Å². The summed E-state index contributed by atoms with van der Waals surface area (Å²) in [5.74, 6) is 1.57. The van der Waals surface area contributed by atoms with Gasteiger partial charge in [0.2, 0.25) is 0 Å². The number of nitrogens with one attached hydrogen (secondary N) is 1. The normalized spacial score (nSPS) is 10.9. The number of halogens is 1. The minimum Gasteiger partial charge on any atom is -0.490 e. The molecule has 0 aliphatic rings. The monoisotopic (exact) mass is 466 g/mol. The van der Waals surface area contributed by atoms with Crippen molar-refractivity contribution in [3.05, 3.63) is 88.3 Å². The summed E-state index contributed by atoms with van der Waals surface area (Å²) in [6.07, 6.45) is 3.04. The highest BCUT2D eigenvalue weighted by Gasteiger charge is 2.10. The Kier molecular flexibility index (Phi) is 7.70. The number of hydrogen-bond donors (Lipinski definition) is 1. The van der Waals surface area contributed by atoms with Crippen LogP contribution in [-0.4, -0.2) is 19.1 Å². The Morgan fingerprint density at radius 3 is 2.60 bits per heavy atom. The Labute approximate surface area is 182 Å². The molecule has 0 saturated heterocycles. The lowest BCUT2D eigenvalue weighted by Gasteiger charge is -2.10. The summed E-state index contributed by atoms with van der Waals surface area (Å²) in [6, 6.07) is 20.2. The van der Waals surface area contributed by atoms with E-state index in [2.05, 4.69) is 21.2 Å². The van der Waals surface area contributed by atoms with E-state index in [1.54, 1.807) is 30.3 Å². The second kappa shape index (κ2) is 10.9. The lowest BCUT2D eigenvalue weighted by Crippen LogP contribution is -2.23. The largest absolute Gasteiger partial charge is 0.490 e. The Balaban J connectivity index is 1.54. The standard InChI is InChI=1S/C23H19BrN2O4/c24-21-14-17(13-18(15-25)23(27)26-16-20-7-4-10-28-20)8-9-22(21)30-12-11-29-19-5-2-1-3-6-19/h1-10,13-14H,11-12,16H2,(H,26,27)/b18-13+. The van der Waals surface area contributed by atoms with E-state index in [1.165, 1.54) is 12.3 Å². The van der Waals surface area contributed by atoms with Crippen molar-refractivity contribution in [2.24, 2.45) is 0 Å². The van der Waals surface area contributed by atoms with Crippen molar-refractivity contribution in [3.8, 4) is 17.6 Å². The number of benzene rings is 2. The molecular weight excluding hydrogens is 448 g/mol. The fraction of sp³-hybridized carbons (Fsp3) is 0.130. The number of furan rings is 1. The van der Waals surface area contributed by atoms with Crippen LogP contribution in [-0.2, 0) is 11.3 Å². The van der Waals surface area contributed by atoms with E-state index in [-0.39, 0.29) is 12.1 Å². The third-order valence-electron chi connectivity index (χ3n) is 3.99. The van der Waals surface area contributed by atoms with E-state index >= 15 is 0 Å². The third-order valence-corrected chi connectivity index (χ3v) is 4.61. The summed E-state index contributed by atoms with van der Waals surface area (Å²) < 4.78 is 17.2. The number of ether oxygens (including phenoxy) is 2. The highest BCUT2D eigenvalue weighted by Crippen LogP contribution is 2.27. The van der Waals surface area contributed by atoms with Crippen molar-refractivity contribution in [2.75, 3.05) is 13.2 Å². The molecule has 0 bridgehead atoms. The quantitative estimate of drug-likeness (QED) is 0.280. The third kappa shape index (κ3) is 6.26. The second-order valence-electron chi connectivity index (χ2n) is 6.13. The smallest absolute Gasteiger partial charge is 0.262 e. The van der Waals surface area contributed by atoms with Crippen LogP contribution in [0, 0.1) is 11.3 Å². The zero-order valence-corrected chi connectivity index (χ0v) is 17.6. The van der Waals surface area contributed by atoms with Crippen LogP contribution < -0.4 is 14.8 Å². The summed E-state index contributed by atoms with van der Waals surface area (Å²) in [6.45, 7) is 1.00. The molecule has 0 saturated carbocycles. The second-order valence-corrected chi connectivity index (χ2v) is 6.99. The minimum atomic E-state index is -0.469. The maximum absolute atomic E-state index is 12.2. The topological polar surface area (TPSA) is 84.5 Å². The van der Waals surface area contributed by atoms with Gasteiger partial charge in [-0.05, 0) is 64.0 Å². The van der Waals surface area contributed by atoms with E-state index < -0.39 is 5.91 Å². The first-order chi connectivity index (χ1) is 14.7. The zero-order valence-electron chi connectivity index (χ0n) is 16.0. The van der Waals surface area contributed by atoms with Crippen LogP contribution in [0.3, 0.4) is 0 Å². The van der Waals surface area contributed by atoms with Crippen LogP contribution in [0.25, 0.3) is 6.08 Å². The SMILES string of the molecule is N#C/C(=C\c1ccc(OCCOc2ccccc2)c(Br)c1)C(=O)NCc1ccco1. The van der Waals surface area contributed by atoms with Crippen LogP contribution in [0.4, 0.5) is 0 Å². The molecule has 3 rings (SSSR count). The summed E-state index contributed by atoms with van der Waals surface area (Å²) >= 11 is 3.46. The molecule has 7 heteroatoms. The number of hydrogen-bond acceptors (Lipinski definition) is 5. The predicted octanol–water partition coefficient (Wildman–Crippen LogP) is 4.72. The number of rotatable bonds is 9. The Bertz CT molecular complexity index is 1040.